The van der Waals surface area contributed by atoms with Gasteiger partial charge in [-0.1, -0.05) is 81.4 Å². The number of alkyl halides is 4. The first kappa shape index (κ1) is 27.7. The summed E-state index contributed by atoms with van der Waals surface area (Å²) in [5.41, 5.74) is 1.84. The van der Waals surface area contributed by atoms with Crippen LogP contribution in [-0.4, -0.2) is 67.2 Å². The van der Waals surface area contributed by atoms with Gasteiger partial charge in [0.15, 0.2) is 17.0 Å². The van der Waals surface area contributed by atoms with E-state index in [9.17, 15) is 8.78 Å². The molecular formula is C26H26F4N6OS2. The minimum Gasteiger partial charge on any atom is -0.395 e. The highest BCUT2D eigenvalue weighted by molar-refractivity contribution is 8.76. The number of nitrogens with zero attached hydrogens (tertiary/aromatic N) is 6. The van der Waals surface area contributed by atoms with Crippen LogP contribution in [0, 0.1) is 0 Å². The van der Waals surface area contributed by atoms with E-state index in [-0.39, 0.29) is 42.2 Å². The Kier molecular flexibility index (Phi) is 8.29. The Morgan fingerprint density at radius 1 is 0.949 bits per heavy atom. The molecule has 0 saturated carbocycles. The third kappa shape index (κ3) is 6.15. The van der Waals surface area contributed by atoms with Crippen molar-refractivity contribution in [3.63, 3.8) is 0 Å². The van der Waals surface area contributed by atoms with Gasteiger partial charge in [0.25, 0.3) is 5.92 Å². The lowest BCUT2D eigenvalue weighted by molar-refractivity contribution is 0.0256. The van der Waals surface area contributed by atoms with Gasteiger partial charge in [-0.25, -0.2) is 23.4 Å². The van der Waals surface area contributed by atoms with Crippen LogP contribution in [0.25, 0.3) is 11.2 Å². The second-order valence-electron chi connectivity index (χ2n) is 9.14. The van der Waals surface area contributed by atoms with Crippen LogP contribution in [0.4, 0.5) is 23.4 Å². The molecule has 13 heteroatoms. The van der Waals surface area contributed by atoms with Gasteiger partial charge in [-0.05, 0) is 17.5 Å². The van der Waals surface area contributed by atoms with E-state index in [0.29, 0.717) is 5.75 Å². The summed E-state index contributed by atoms with van der Waals surface area (Å²) in [7, 11) is 3.26. The molecule has 1 aliphatic rings. The Morgan fingerprint density at radius 2 is 1.67 bits per heavy atom. The lowest BCUT2D eigenvalue weighted by Crippen LogP contribution is -2.28. The Bertz CT molecular complexity index is 1420. The zero-order chi connectivity index (χ0) is 27.5. The molecule has 7 nitrogen and oxygen atoms in total. The van der Waals surface area contributed by atoms with Crippen LogP contribution in [-0.2, 0) is 18.9 Å². The molecule has 0 radical (unpaired) electrons. The summed E-state index contributed by atoms with van der Waals surface area (Å²) in [6.07, 6.45) is 0.353. The van der Waals surface area contributed by atoms with Gasteiger partial charge >= 0.3 is 5.92 Å². The van der Waals surface area contributed by atoms with Crippen LogP contribution in [0.2, 0.25) is 0 Å². The molecule has 0 spiro atoms. The SMILES string of the molecule is OCCSSCCc1ccccc1Cn1nnc2c(N3CCC(F)(F)C3)nc(C(F)(F)c3ccccc3)nc21. The van der Waals surface area contributed by atoms with E-state index >= 15 is 8.78 Å². The van der Waals surface area contributed by atoms with E-state index in [4.69, 9.17) is 5.11 Å². The van der Waals surface area contributed by atoms with Gasteiger partial charge in [0.05, 0.1) is 19.7 Å². The minimum absolute atomic E-state index is 0.0445. The smallest absolute Gasteiger partial charge is 0.331 e. The molecule has 0 aliphatic carbocycles. The first-order valence-electron chi connectivity index (χ1n) is 12.4. The molecule has 39 heavy (non-hydrogen) atoms. The van der Waals surface area contributed by atoms with E-state index in [1.165, 1.54) is 33.8 Å². The summed E-state index contributed by atoms with van der Waals surface area (Å²) in [6, 6.07) is 14.9. The molecule has 1 fully saturated rings. The average molecular weight is 579 g/mol. The van der Waals surface area contributed by atoms with E-state index in [0.717, 1.165) is 23.3 Å². The molecule has 2 aromatic heterocycles. The van der Waals surface area contributed by atoms with Gasteiger partial charge < -0.3 is 10.0 Å². The zero-order valence-electron chi connectivity index (χ0n) is 20.8. The number of aliphatic hydroxyl groups is 1. The molecule has 1 aliphatic heterocycles. The average Bonchev–Trinajstić information content (AvgIpc) is 3.51. The topological polar surface area (TPSA) is 80.0 Å². The number of fused-ring (bicyclic) bond motifs is 1. The van der Waals surface area contributed by atoms with Gasteiger partial charge in [0, 0.05) is 30.0 Å². The predicted molar refractivity (Wildman–Crippen MR) is 146 cm³/mol. The predicted octanol–water partition coefficient (Wildman–Crippen LogP) is 5.17. The molecule has 3 heterocycles. The number of anilines is 1. The van der Waals surface area contributed by atoms with Crippen LogP contribution in [0.1, 0.15) is 28.9 Å². The van der Waals surface area contributed by atoms with Gasteiger partial charge in [-0.15, -0.1) is 5.10 Å². The molecular weight excluding hydrogens is 552 g/mol. The van der Waals surface area contributed by atoms with Crippen molar-refractivity contribution in [3.8, 4) is 0 Å². The number of aryl methyl sites for hydroxylation is 1. The van der Waals surface area contributed by atoms with Crippen LogP contribution < -0.4 is 4.90 Å². The summed E-state index contributed by atoms with van der Waals surface area (Å²) < 4.78 is 60.9. The summed E-state index contributed by atoms with van der Waals surface area (Å²) in [6.45, 7) is -0.351. The Morgan fingerprint density at radius 3 is 2.38 bits per heavy atom. The molecule has 0 atom stereocenters. The van der Waals surface area contributed by atoms with Gasteiger partial charge in [0.1, 0.15) is 0 Å². The highest BCUT2D eigenvalue weighted by atomic mass is 33.1. The third-order valence-electron chi connectivity index (χ3n) is 6.38. The fraction of sp³-hybridized carbons (Fsp3) is 0.385. The first-order valence-corrected chi connectivity index (χ1v) is 14.9. The van der Waals surface area contributed by atoms with Crippen molar-refractivity contribution in [1.29, 1.82) is 0 Å². The quantitative estimate of drug-likeness (QED) is 0.148. The van der Waals surface area contributed by atoms with Gasteiger partial charge in [-0.3, -0.25) is 0 Å². The monoisotopic (exact) mass is 578 g/mol. The normalized spacial score (nSPS) is 15.4. The van der Waals surface area contributed by atoms with E-state index in [1.807, 2.05) is 24.3 Å². The van der Waals surface area contributed by atoms with Crippen molar-refractivity contribution in [2.24, 2.45) is 0 Å². The maximum Gasteiger partial charge on any atom is 0.331 e. The molecule has 2 aromatic carbocycles. The van der Waals surface area contributed by atoms with Crippen molar-refractivity contribution in [3.05, 3.63) is 77.1 Å². The summed E-state index contributed by atoms with van der Waals surface area (Å²) in [4.78, 5) is 9.58. The lowest BCUT2D eigenvalue weighted by atomic mass is 10.1. The highest BCUT2D eigenvalue weighted by Gasteiger charge is 2.43. The van der Waals surface area contributed by atoms with Gasteiger partial charge in [-0.2, -0.15) is 8.78 Å². The second kappa shape index (κ2) is 11.7. The molecule has 1 saturated heterocycles. The molecule has 5 rings (SSSR count). The standard InChI is InChI=1S/C26H26F4N6OS2/c27-25(28)11-12-35(17-25)22-21-23(32-24(31-22)26(29,30)20-8-2-1-3-9-20)36(34-33-21)16-19-7-5-4-6-18(19)10-14-38-39-15-13-37/h1-9,37H,10-17H2. The van der Waals surface area contributed by atoms with E-state index < -0.39 is 30.6 Å². The Labute approximate surface area is 230 Å². The van der Waals surface area contributed by atoms with Crippen molar-refractivity contribution >= 4 is 38.6 Å². The van der Waals surface area contributed by atoms with Crippen molar-refractivity contribution in [2.45, 2.75) is 31.2 Å². The van der Waals surface area contributed by atoms with Crippen LogP contribution >= 0.6 is 21.6 Å². The molecule has 1 N–H and O–H groups in total. The van der Waals surface area contributed by atoms with Crippen molar-refractivity contribution < 1.29 is 22.7 Å². The largest absolute Gasteiger partial charge is 0.395 e. The molecule has 0 bridgehead atoms. The fourth-order valence-corrected chi connectivity index (χ4v) is 6.22. The van der Waals surface area contributed by atoms with Crippen LogP contribution in [0.15, 0.2) is 54.6 Å². The lowest BCUT2D eigenvalue weighted by Gasteiger charge is -2.21. The Hall–Kier alpha value is -2.90. The van der Waals surface area contributed by atoms with E-state index in [2.05, 4.69) is 20.3 Å². The third-order valence-corrected chi connectivity index (χ3v) is 8.77. The Balaban J connectivity index is 1.53. The second-order valence-corrected chi connectivity index (χ2v) is 11.8. The van der Waals surface area contributed by atoms with Crippen molar-refractivity contribution in [1.82, 2.24) is 25.0 Å². The maximum atomic E-state index is 15.6. The number of aliphatic hydroxyl groups excluding tert-OH is 1. The van der Waals surface area contributed by atoms with Crippen molar-refractivity contribution in [2.75, 3.05) is 36.1 Å². The maximum absolute atomic E-state index is 15.6. The number of halogens is 4. The molecule has 0 amide bonds. The molecule has 0 unspecified atom stereocenters. The number of rotatable bonds is 11. The van der Waals surface area contributed by atoms with E-state index in [1.54, 1.807) is 27.7 Å². The minimum atomic E-state index is -3.57. The number of aromatic nitrogens is 5. The summed E-state index contributed by atoms with van der Waals surface area (Å²) in [5.74, 6) is -5.91. The highest BCUT2D eigenvalue weighted by Crippen LogP contribution is 2.38. The molecule has 206 valence electrons. The first-order chi connectivity index (χ1) is 18.8. The fourth-order valence-electron chi connectivity index (χ4n) is 4.43. The molecule has 4 aromatic rings. The zero-order valence-corrected chi connectivity index (χ0v) is 22.4. The van der Waals surface area contributed by atoms with Gasteiger partial charge in [0.2, 0.25) is 5.82 Å². The number of hydrogen-bond acceptors (Lipinski definition) is 8. The van der Waals surface area contributed by atoms with Crippen LogP contribution in [0.3, 0.4) is 0 Å². The summed E-state index contributed by atoms with van der Waals surface area (Å²) in [5, 5.41) is 17.3. The number of hydrogen-bond donors (Lipinski definition) is 1. The summed E-state index contributed by atoms with van der Waals surface area (Å²) >= 11 is 0. The van der Waals surface area contributed by atoms with Crippen LogP contribution in [0.5, 0.6) is 0 Å². The number of benzene rings is 2.